The Morgan fingerprint density at radius 3 is 2.85 bits per heavy atom. The zero-order chi connectivity index (χ0) is 18.6. The Morgan fingerprint density at radius 2 is 2.04 bits per heavy atom. The maximum atomic E-state index is 12.5. The summed E-state index contributed by atoms with van der Waals surface area (Å²) >= 11 is 1.55. The van der Waals surface area contributed by atoms with Crippen LogP contribution in [0.4, 0.5) is 11.5 Å². The third kappa shape index (κ3) is 3.93. The van der Waals surface area contributed by atoms with Gasteiger partial charge in [0.15, 0.2) is 5.16 Å². The number of nitrogens with one attached hydrogen (secondary N) is 1. The van der Waals surface area contributed by atoms with Crippen LogP contribution in [0.2, 0.25) is 0 Å². The Bertz CT molecular complexity index is 964. The van der Waals surface area contributed by atoms with E-state index < -0.39 is 0 Å². The van der Waals surface area contributed by atoms with Gasteiger partial charge >= 0.3 is 0 Å². The molecule has 0 aliphatic carbocycles. The van der Waals surface area contributed by atoms with Gasteiger partial charge in [-0.1, -0.05) is 30.0 Å². The van der Waals surface area contributed by atoms with Gasteiger partial charge in [0.05, 0.1) is 5.69 Å². The largest absolute Gasteiger partial charge is 0.352 e. The van der Waals surface area contributed by atoms with Crippen LogP contribution in [0.5, 0.6) is 0 Å². The Kier molecular flexibility index (Phi) is 5.02. The minimum Gasteiger partial charge on any atom is -0.352 e. The minimum atomic E-state index is -0.143. The van der Waals surface area contributed by atoms with E-state index in [2.05, 4.69) is 25.2 Å². The SMILES string of the molecule is CSc1ncc2c(n1)CCN(c1cc(C(=O)Nc3ccccc3)ccn1)C2. The first kappa shape index (κ1) is 17.5. The first-order chi connectivity index (χ1) is 13.2. The number of carbonyl (C=O) groups excluding carboxylic acids is 1. The molecule has 0 atom stereocenters. The third-order valence-corrected chi connectivity index (χ3v) is 5.02. The number of anilines is 2. The summed E-state index contributed by atoms with van der Waals surface area (Å²) in [4.78, 5) is 28.1. The molecule has 2 aromatic heterocycles. The number of benzene rings is 1. The molecule has 0 radical (unpaired) electrons. The second-order valence-electron chi connectivity index (χ2n) is 6.22. The lowest BCUT2D eigenvalue weighted by Gasteiger charge is -2.29. The van der Waals surface area contributed by atoms with E-state index in [0.717, 1.165) is 40.9 Å². The topological polar surface area (TPSA) is 71.0 Å². The average molecular weight is 377 g/mol. The number of hydrogen-bond donors (Lipinski definition) is 1. The van der Waals surface area contributed by atoms with E-state index in [-0.39, 0.29) is 5.91 Å². The van der Waals surface area contributed by atoms with Crippen molar-refractivity contribution in [3.8, 4) is 0 Å². The summed E-state index contributed by atoms with van der Waals surface area (Å²) in [7, 11) is 0. The van der Waals surface area contributed by atoms with Crippen molar-refractivity contribution < 1.29 is 4.79 Å². The highest BCUT2D eigenvalue weighted by atomic mass is 32.2. The lowest BCUT2D eigenvalue weighted by molar-refractivity contribution is 0.102. The van der Waals surface area contributed by atoms with Gasteiger partial charge in [-0.25, -0.2) is 15.0 Å². The van der Waals surface area contributed by atoms with Crippen molar-refractivity contribution in [2.75, 3.05) is 23.0 Å². The van der Waals surface area contributed by atoms with E-state index in [1.807, 2.05) is 48.9 Å². The fraction of sp³-hybridized carbons (Fsp3) is 0.200. The number of nitrogens with zero attached hydrogens (tertiary/aromatic N) is 4. The summed E-state index contributed by atoms with van der Waals surface area (Å²) in [6.45, 7) is 1.51. The number of pyridine rings is 1. The quantitative estimate of drug-likeness (QED) is 0.555. The van der Waals surface area contributed by atoms with Crippen molar-refractivity contribution in [3.05, 3.63) is 71.7 Å². The van der Waals surface area contributed by atoms with Gasteiger partial charge in [-0.2, -0.15) is 0 Å². The number of rotatable bonds is 4. The molecule has 0 spiro atoms. The second kappa shape index (κ2) is 7.75. The smallest absolute Gasteiger partial charge is 0.255 e. The van der Waals surface area contributed by atoms with Crippen molar-refractivity contribution in [2.45, 2.75) is 18.1 Å². The van der Waals surface area contributed by atoms with Crippen molar-refractivity contribution in [1.29, 1.82) is 0 Å². The molecule has 3 heterocycles. The Labute approximate surface area is 162 Å². The first-order valence-electron chi connectivity index (χ1n) is 8.69. The minimum absolute atomic E-state index is 0.143. The molecule has 1 aromatic carbocycles. The van der Waals surface area contributed by atoms with Gasteiger partial charge in [0.2, 0.25) is 0 Å². The maximum absolute atomic E-state index is 12.5. The molecule has 4 rings (SSSR count). The van der Waals surface area contributed by atoms with Crippen molar-refractivity contribution in [1.82, 2.24) is 15.0 Å². The van der Waals surface area contributed by atoms with E-state index >= 15 is 0 Å². The van der Waals surface area contributed by atoms with E-state index in [1.165, 1.54) is 0 Å². The van der Waals surface area contributed by atoms with Gasteiger partial charge in [0.25, 0.3) is 5.91 Å². The fourth-order valence-electron chi connectivity index (χ4n) is 3.05. The molecule has 0 fully saturated rings. The standard InChI is InChI=1S/C20H19N5OS/c1-27-20-22-12-15-13-25(10-8-17(15)24-20)18-11-14(7-9-21-18)19(26)23-16-5-3-2-4-6-16/h2-7,9,11-12H,8,10,13H2,1H3,(H,23,26). The van der Waals surface area contributed by atoms with Gasteiger partial charge < -0.3 is 10.2 Å². The van der Waals surface area contributed by atoms with E-state index in [9.17, 15) is 4.79 Å². The molecule has 1 aliphatic rings. The second-order valence-corrected chi connectivity index (χ2v) is 7.00. The van der Waals surface area contributed by atoms with E-state index in [1.54, 1.807) is 24.0 Å². The summed E-state index contributed by atoms with van der Waals surface area (Å²) in [5.41, 5.74) is 3.57. The zero-order valence-corrected chi connectivity index (χ0v) is 15.7. The lowest BCUT2D eigenvalue weighted by Crippen LogP contribution is -2.32. The van der Waals surface area contributed by atoms with E-state index in [0.29, 0.717) is 12.1 Å². The molecule has 1 N–H and O–H groups in total. The summed E-state index contributed by atoms with van der Waals surface area (Å²) in [6, 6.07) is 13.0. The van der Waals surface area contributed by atoms with Crippen LogP contribution in [0.25, 0.3) is 0 Å². The van der Waals surface area contributed by atoms with Crippen molar-refractivity contribution >= 4 is 29.2 Å². The van der Waals surface area contributed by atoms with Crippen LogP contribution in [0, 0.1) is 0 Å². The summed E-state index contributed by atoms with van der Waals surface area (Å²) < 4.78 is 0. The summed E-state index contributed by atoms with van der Waals surface area (Å²) in [6.07, 6.45) is 6.39. The van der Waals surface area contributed by atoms with Crippen LogP contribution in [-0.4, -0.2) is 33.7 Å². The normalized spacial score (nSPS) is 13.1. The number of fused-ring (bicyclic) bond motifs is 1. The van der Waals surface area contributed by atoms with Crippen LogP contribution in [0.3, 0.4) is 0 Å². The molecule has 136 valence electrons. The predicted molar refractivity (Wildman–Crippen MR) is 107 cm³/mol. The maximum Gasteiger partial charge on any atom is 0.255 e. The molecule has 1 amide bonds. The van der Waals surface area contributed by atoms with Gasteiger partial charge in [0, 0.05) is 48.7 Å². The summed E-state index contributed by atoms with van der Waals surface area (Å²) in [5.74, 6) is 0.644. The molecule has 0 saturated heterocycles. The van der Waals surface area contributed by atoms with Crippen LogP contribution >= 0.6 is 11.8 Å². The summed E-state index contributed by atoms with van der Waals surface area (Å²) in [5, 5.41) is 3.71. The average Bonchev–Trinajstić information content (AvgIpc) is 2.73. The third-order valence-electron chi connectivity index (χ3n) is 4.46. The number of amides is 1. The molecule has 27 heavy (non-hydrogen) atoms. The first-order valence-corrected chi connectivity index (χ1v) is 9.91. The monoisotopic (exact) mass is 377 g/mol. The Hall–Kier alpha value is -2.93. The van der Waals surface area contributed by atoms with Gasteiger partial charge in [-0.15, -0.1) is 0 Å². The Balaban J connectivity index is 1.51. The number of carbonyl (C=O) groups is 1. The predicted octanol–water partition coefficient (Wildman–Crippen LogP) is 3.41. The Morgan fingerprint density at radius 1 is 1.19 bits per heavy atom. The van der Waals surface area contributed by atoms with Crippen molar-refractivity contribution in [3.63, 3.8) is 0 Å². The number of aromatic nitrogens is 3. The molecule has 1 aliphatic heterocycles. The van der Waals surface area contributed by atoms with Gasteiger partial charge in [-0.05, 0) is 30.5 Å². The molecule has 0 saturated carbocycles. The molecule has 7 heteroatoms. The van der Waals surface area contributed by atoms with Crippen LogP contribution in [0.1, 0.15) is 21.6 Å². The number of thioether (sulfide) groups is 1. The molecule has 0 unspecified atom stereocenters. The molecule has 6 nitrogen and oxygen atoms in total. The highest BCUT2D eigenvalue weighted by Gasteiger charge is 2.20. The van der Waals surface area contributed by atoms with Crippen molar-refractivity contribution in [2.24, 2.45) is 0 Å². The molecular weight excluding hydrogens is 358 g/mol. The highest BCUT2D eigenvalue weighted by molar-refractivity contribution is 7.98. The molecular formula is C20H19N5OS. The van der Waals surface area contributed by atoms with E-state index in [4.69, 9.17) is 0 Å². The number of hydrogen-bond acceptors (Lipinski definition) is 6. The fourth-order valence-corrected chi connectivity index (χ4v) is 3.41. The van der Waals surface area contributed by atoms with Crippen LogP contribution in [0.15, 0.2) is 60.0 Å². The number of para-hydroxylation sites is 1. The highest BCUT2D eigenvalue weighted by Crippen LogP contribution is 2.23. The zero-order valence-electron chi connectivity index (χ0n) is 14.9. The molecule has 0 bridgehead atoms. The van der Waals surface area contributed by atoms with Gasteiger partial charge in [0.1, 0.15) is 5.82 Å². The van der Waals surface area contributed by atoms with Crippen LogP contribution in [-0.2, 0) is 13.0 Å². The van der Waals surface area contributed by atoms with Crippen LogP contribution < -0.4 is 10.2 Å². The lowest BCUT2D eigenvalue weighted by atomic mass is 10.1. The molecule has 3 aromatic rings. The van der Waals surface area contributed by atoms with Gasteiger partial charge in [-0.3, -0.25) is 4.79 Å².